The van der Waals surface area contributed by atoms with Crippen LogP contribution in [0.15, 0.2) is 18.2 Å². The molecule has 8 heteroatoms. The second-order valence-electron chi connectivity index (χ2n) is 6.51. The molecule has 2 aromatic rings. The lowest BCUT2D eigenvalue weighted by Crippen LogP contribution is -2.31. The number of nitrogens with one attached hydrogen (secondary N) is 1. The molecule has 0 radical (unpaired) electrons. The van der Waals surface area contributed by atoms with Crippen LogP contribution in [-0.2, 0) is 6.42 Å². The van der Waals surface area contributed by atoms with Gasteiger partial charge in [-0.2, -0.15) is 0 Å². The number of carbonyl (C=O) groups is 3. The predicted octanol–water partition coefficient (Wildman–Crippen LogP) is 2.99. The molecule has 1 aliphatic heterocycles. The molecule has 26 heavy (non-hydrogen) atoms. The first-order valence-electron chi connectivity index (χ1n) is 8.54. The van der Waals surface area contributed by atoms with Crippen molar-refractivity contribution < 1.29 is 14.4 Å². The molecule has 1 aromatic carbocycles. The minimum atomic E-state index is -0.382. The summed E-state index contributed by atoms with van der Waals surface area (Å²) in [5, 5.41) is 11.8. The van der Waals surface area contributed by atoms with Crippen LogP contribution in [0, 0.1) is 5.92 Å². The maximum atomic E-state index is 12.5. The normalized spacial score (nSPS) is 13.5. The van der Waals surface area contributed by atoms with Gasteiger partial charge in [-0.1, -0.05) is 32.1 Å². The number of fused-ring (bicyclic) bond motifs is 1. The number of hydrogen-bond donors (Lipinski definition) is 1. The van der Waals surface area contributed by atoms with Crippen molar-refractivity contribution >= 4 is 34.2 Å². The second kappa shape index (κ2) is 7.33. The van der Waals surface area contributed by atoms with E-state index in [4.69, 9.17) is 0 Å². The van der Waals surface area contributed by atoms with E-state index < -0.39 is 0 Å². The van der Waals surface area contributed by atoms with E-state index in [9.17, 15) is 14.4 Å². The number of anilines is 1. The maximum absolute atomic E-state index is 12.5. The topological polar surface area (TPSA) is 92.3 Å². The van der Waals surface area contributed by atoms with Gasteiger partial charge in [0, 0.05) is 12.1 Å². The molecule has 0 atom stereocenters. The number of benzene rings is 1. The molecule has 1 N–H and O–H groups in total. The molecule has 0 bridgehead atoms. The standard InChI is InChI=1S/C18H20N4O3S/c1-4-14-20-21-18(26-14)19-15(23)11-5-6-12-13(9-11)17(25)22(16(12)24)8-7-10(2)3/h5-6,9-10H,4,7-8H2,1-3H3,(H,19,21,23). The number of imide groups is 1. The fourth-order valence-corrected chi connectivity index (χ4v) is 3.31. The minimum absolute atomic E-state index is 0.276. The Morgan fingerprint density at radius 1 is 1.19 bits per heavy atom. The van der Waals surface area contributed by atoms with Gasteiger partial charge >= 0.3 is 0 Å². The second-order valence-corrected chi connectivity index (χ2v) is 7.58. The average Bonchev–Trinajstić information content (AvgIpc) is 3.16. The third-order valence-electron chi connectivity index (χ3n) is 4.15. The van der Waals surface area contributed by atoms with Crippen LogP contribution in [0.1, 0.15) is 63.3 Å². The smallest absolute Gasteiger partial charge is 0.261 e. The van der Waals surface area contributed by atoms with Crippen molar-refractivity contribution in [3.05, 3.63) is 39.9 Å². The van der Waals surface area contributed by atoms with Gasteiger partial charge in [-0.25, -0.2) is 0 Å². The van der Waals surface area contributed by atoms with Crippen molar-refractivity contribution in [3.63, 3.8) is 0 Å². The molecular weight excluding hydrogens is 352 g/mol. The lowest BCUT2D eigenvalue weighted by molar-refractivity contribution is 0.0647. The molecule has 0 aliphatic carbocycles. The zero-order chi connectivity index (χ0) is 18.8. The Balaban J connectivity index is 1.78. The Bertz CT molecular complexity index is 875. The summed E-state index contributed by atoms with van der Waals surface area (Å²) in [7, 11) is 0. The molecule has 3 rings (SSSR count). The van der Waals surface area contributed by atoms with Gasteiger partial charge in [0.05, 0.1) is 11.1 Å². The Labute approximate surface area is 155 Å². The van der Waals surface area contributed by atoms with Crippen LogP contribution in [-0.4, -0.2) is 39.4 Å². The summed E-state index contributed by atoms with van der Waals surface area (Å²) in [6, 6.07) is 4.56. The van der Waals surface area contributed by atoms with Gasteiger partial charge in [0.1, 0.15) is 5.01 Å². The zero-order valence-electron chi connectivity index (χ0n) is 14.9. The summed E-state index contributed by atoms with van der Waals surface area (Å²) >= 11 is 1.31. The van der Waals surface area contributed by atoms with E-state index in [2.05, 4.69) is 15.5 Å². The van der Waals surface area contributed by atoms with Gasteiger partial charge in [0.25, 0.3) is 17.7 Å². The molecular formula is C18H20N4O3S. The van der Waals surface area contributed by atoms with Crippen LogP contribution in [0.5, 0.6) is 0 Å². The maximum Gasteiger partial charge on any atom is 0.261 e. The van der Waals surface area contributed by atoms with E-state index in [1.807, 2.05) is 20.8 Å². The first-order chi connectivity index (χ1) is 12.4. The molecule has 7 nitrogen and oxygen atoms in total. The number of amides is 3. The number of hydrogen-bond acceptors (Lipinski definition) is 6. The lowest BCUT2D eigenvalue weighted by Gasteiger charge is -2.14. The summed E-state index contributed by atoms with van der Waals surface area (Å²) < 4.78 is 0. The van der Waals surface area contributed by atoms with E-state index in [-0.39, 0.29) is 23.3 Å². The van der Waals surface area contributed by atoms with Crippen LogP contribution >= 0.6 is 11.3 Å². The van der Waals surface area contributed by atoms with Crippen molar-refractivity contribution in [2.75, 3.05) is 11.9 Å². The van der Waals surface area contributed by atoms with Crippen molar-refractivity contribution in [1.29, 1.82) is 0 Å². The Kier molecular flexibility index (Phi) is 5.13. The lowest BCUT2D eigenvalue weighted by atomic mass is 10.1. The van der Waals surface area contributed by atoms with Gasteiger partial charge in [0.15, 0.2) is 0 Å². The number of carbonyl (C=O) groups excluding carboxylic acids is 3. The Morgan fingerprint density at radius 3 is 2.58 bits per heavy atom. The summed E-state index contributed by atoms with van der Waals surface area (Å²) in [6.07, 6.45) is 1.49. The van der Waals surface area contributed by atoms with E-state index >= 15 is 0 Å². The van der Waals surface area contributed by atoms with Crippen molar-refractivity contribution in [2.45, 2.75) is 33.6 Å². The van der Waals surface area contributed by atoms with E-state index in [1.54, 1.807) is 6.07 Å². The highest BCUT2D eigenvalue weighted by Crippen LogP contribution is 2.25. The van der Waals surface area contributed by atoms with Crippen LogP contribution in [0.25, 0.3) is 0 Å². The van der Waals surface area contributed by atoms with E-state index in [0.717, 1.165) is 17.8 Å². The summed E-state index contributed by atoms with van der Waals surface area (Å²) in [5.41, 5.74) is 0.932. The Hall–Kier alpha value is -2.61. The Morgan fingerprint density at radius 2 is 1.92 bits per heavy atom. The van der Waals surface area contributed by atoms with E-state index in [1.165, 1.54) is 28.4 Å². The van der Waals surface area contributed by atoms with Crippen molar-refractivity contribution in [2.24, 2.45) is 5.92 Å². The molecule has 0 saturated heterocycles. The first-order valence-corrected chi connectivity index (χ1v) is 9.36. The summed E-state index contributed by atoms with van der Waals surface area (Å²) in [5.74, 6) is -0.633. The van der Waals surface area contributed by atoms with Crippen molar-refractivity contribution in [3.8, 4) is 0 Å². The molecule has 1 aromatic heterocycles. The molecule has 2 heterocycles. The van der Waals surface area contributed by atoms with Gasteiger partial charge < -0.3 is 0 Å². The number of aromatic nitrogens is 2. The highest BCUT2D eigenvalue weighted by molar-refractivity contribution is 7.15. The fourth-order valence-electron chi connectivity index (χ4n) is 2.64. The quantitative estimate of drug-likeness (QED) is 0.787. The highest BCUT2D eigenvalue weighted by Gasteiger charge is 2.35. The highest BCUT2D eigenvalue weighted by atomic mass is 32.1. The molecule has 3 amide bonds. The van der Waals surface area contributed by atoms with Gasteiger partial charge in [-0.3, -0.25) is 24.6 Å². The van der Waals surface area contributed by atoms with Crippen LogP contribution in [0.4, 0.5) is 5.13 Å². The number of rotatable bonds is 6. The van der Waals surface area contributed by atoms with Crippen LogP contribution < -0.4 is 5.32 Å². The number of aryl methyl sites for hydroxylation is 1. The third-order valence-corrected chi connectivity index (χ3v) is 5.14. The SMILES string of the molecule is CCc1nnc(NC(=O)c2ccc3c(c2)C(=O)N(CCC(C)C)C3=O)s1. The molecule has 0 saturated carbocycles. The largest absolute Gasteiger partial charge is 0.296 e. The molecule has 0 spiro atoms. The first kappa shape index (κ1) is 18.2. The third kappa shape index (κ3) is 3.50. The van der Waals surface area contributed by atoms with Gasteiger partial charge in [-0.05, 0) is 37.0 Å². The van der Waals surface area contributed by atoms with Crippen molar-refractivity contribution in [1.82, 2.24) is 15.1 Å². The summed E-state index contributed by atoms with van der Waals surface area (Å²) in [6.45, 7) is 6.42. The van der Waals surface area contributed by atoms with Crippen LogP contribution in [0.2, 0.25) is 0 Å². The fraction of sp³-hybridized carbons (Fsp3) is 0.389. The van der Waals surface area contributed by atoms with Crippen LogP contribution in [0.3, 0.4) is 0 Å². The van der Waals surface area contributed by atoms with E-state index in [0.29, 0.717) is 28.7 Å². The van der Waals surface area contributed by atoms with Gasteiger partial charge in [0.2, 0.25) is 5.13 Å². The summed E-state index contributed by atoms with van der Waals surface area (Å²) in [4.78, 5) is 38.6. The molecule has 0 unspecified atom stereocenters. The average molecular weight is 372 g/mol. The molecule has 0 fully saturated rings. The molecule has 1 aliphatic rings. The van der Waals surface area contributed by atoms with Gasteiger partial charge in [-0.15, -0.1) is 10.2 Å². The molecule has 136 valence electrons. The number of nitrogens with zero attached hydrogens (tertiary/aromatic N) is 3. The minimum Gasteiger partial charge on any atom is -0.296 e. The zero-order valence-corrected chi connectivity index (χ0v) is 15.7. The monoisotopic (exact) mass is 372 g/mol. The predicted molar refractivity (Wildman–Crippen MR) is 98.5 cm³/mol.